The number of nitrogens with two attached hydrogens (primary N) is 1. The van der Waals surface area contributed by atoms with Crippen molar-refractivity contribution in [1.82, 2.24) is 0 Å². The molecule has 82 valence electrons. The molecule has 0 aliphatic rings. The van der Waals surface area contributed by atoms with Gasteiger partial charge in [-0.3, -0.25) is 4.79 Å². The number of ketones is 1. The fraction of sp³-hybridized carbons (Fsp3) is 0.667. The highest BCUT2D eigenvalue weighted by atomic mass is 19.4. The average molecular weight is 209 g/mol. The fourth-order valence-corrected chi connectivity index (χ4v) is 0.959. The van der Waals surface area contributed by atoms with E-state index in [-0.39, 0.29) is 18.6 Å². The molecule has 0 saturated carbocycles. The van der Waals surface area contributed by atoms with E-state index < -0.39 is 18.6 Å². The van der Waals surface area contributed by atoms with E-state index in [9.17, 15) is 18.0 Å². The summed E-state index contributed by atoms with van der Waals surface area (Å²) in [6, 6.07) is -0.708. The second kappa shape index (κ2) is 5.80. The minimum absolute atomic E-state index is 0.117. The minimum atomic E-state index is -4.19. The first-order valence-electron chi connectivity index (χ1n) is 4.32. The van der Waals surface area contributed by atoms with Gasteiger partial charge in [-0.05, 0) is 12.8 Å². The van der Waals surface area contributed by atoms with E-state index in [4.69, 9.17) is 5.73 Å². The number of hydrogen-bond acceptors (Lipinski definition) is 2. The predicted molar refractivity (Wildman–Crippen MR) is 47.7 cm³/mol. The van der Waals surface area contributed by atoms with Crippen LogP contribution in [0.5, 0.6) is 0 Å². The number of carbonyl (C=O) groups excluding carboxylic acids is 1. The zero-order chi connectivity index (χ0) is 11.2. The van der Waals surface area contributed by atoms with Gasteiger partial charge in [-0.2, -0.15) is 13.2 Å². The highest BCUT2D eigenvalue weighted by Crippen LogP contribution is 2.22. The monoisotopic (exact) mass is 209 g/mol. The van der Waals surface area contributed by atoms with Gasteiger partial charge in [0.25, 0.3) is 0 Å². The number of Topliss-reactive ketones (excluding diaryl/α,β-unsaturated/α-hetero) is 1. The Bertz CT molecular complexity index is 201. The number of carbonyl (C=O) groups is 1. The lowest BCUT2D eigenvalue weighted by Crippen LogP contribution is -2.29. The normalized spacial score (nSPS) is 13.7. The standard InChI is InChI=1S/C9H14F3NO/c1-2-4-7(13)8(14)5-3-6-9(10,11)12/h2,7H,1,3-6,13H2. The number of alkyl halides is 3. The summed E-state index contributed by atoms with van der Waals surface area (Å²) in [5.41, 5.74) is 5.38. The quantitative estimate of drug-likeness (QED) is 0.681. The Kier molecular flexibility index (Phi) is 5.45. The van der Waals surface area contributed by atoms with E-state index in [1.165, 1.54) is 6.08 Å². The van der Waals surface area contributed by atoms with Crippen molar-refractivity contribution in [2.75, 3.05) is 0 Å². The molecular formula is C9H14F3NO. The van der Waals surface area contributed by atoms with E-state index >= 15 is 0 Å². The first-order chi connectivity index (χ1) is 6.37. The molecular weight excluding hydrogens is 195 g/mol. The zero-order valence-electron chi connectivity index (χ0n) is 7.81. The molecule has 2 N–H and O–H groups in total. The van der Waals surface area contributed by atoms with Gasteiger partial charge in [0.05, 0.1) is 6.04 Å². The van der Waals surface area contributed by atoms with Crippen LogP contribution in [0.1, 0.15) is 25.7 Å². The van der Waals surface area contributed by atoms with Crippen molar-refractivity contribution >= 4 is 5.78 Å². The smallest absolute Gasteiger partial charge is 0.321 e. The van der Waals surface area contributed by atoms with Crippen molar-refractivity contribution in [3.8, 4) is 0 Å². The highest BCUT2D eigenvalue weighted by molar-refractivity contribution is 5.83. The molecule has 0 amide bonds. The molecule has 1 unspecified atom stereocenters. The van der Waals surface area contributed by atoms with Gasteiger partial charge in [0, 0.05) is 12.8 Å². The van der Waals surface area contributed by atoms with Crippen LogP contribution < -0.4 is 5.73 Å². The second-order valence-electron chi connectivity index (χ2n) is 3.07. The highest BCUT2D eigenvalue weighted by Gasteiger charge is 2.26. The molecule has 0 aromatic rings. The Labute approximate surface area is 81.0 Å². The largest absolute Gasteiger partial charge is 0.389 e. The number of rotatable bonds is 6. The van der Waals surface area contributed by atoms with Gasteiger partial charge in [-0.15, -0.1) is 6.58 Å². The molecule has 0 saturated heterocycles. The molecule has 0 heterocycles. The molecule has 0 aliphatic carbocycles. The molecule has 0 spiro atoms. The van der Waals surface area contributed by atoms with Gasteiger partial charge >= 0.3 is 6.18 Å². The summed E-state index contributed by atoms with van der Waals surface area (Å²) in [5, 5.41) is 0. The van der Waals surface area contributed by atoms with Crippen LogP contribution in [0.3, 0.4) is 0 Å². The summed E-state index contributed by atoms with van der Waals surface area (Å²) in [5.74, 6) is -0.339. The van der Waals surface area contributed by atoms with E-state index in [0.717, 1.165) is 0 Å². The van der Waals surface area contributed by atoms with Crippen LogP contribution in [-0.2, 0) is 4.79 Å². The third kappa shape index (κ3) is 6.65. The van der Waals surface area contributed by atoms with Crippen molar-refractivity contribution in [3.63, 3.8) is 0 Å². The van der Waals surface area contributed by atoms with Crippen LogP contribution in [0.15, 0.2) is 12.7 Å². The topological polar surface area (TPSA) is 43.1 Å². The van der Waals surface area contributed by atoms with E-state index in [1.807, 2.05) is 0 Å². The summed E-state index contributed by atoms with van der Waals surface area (Å²) in [6.45, 7) is 3.39. The minimum Gasteiger partial charge on any atom is -0.321 e. The predicted octanol–water partition coefficient (Wildman–Crippen LogP) is 2.19. The van der Waals surface area contributed by atoms with E-state index in [0.29, 0.717) is 6.42 Å². The first kappa shape index (κ1) is 13.2. The second-order valence-corrected chi connectivity index (χ2v) is 3.07. The lowest BCUT2D eigenvalue weighted by Gasteiger charge is -2.08. The van der Waals surface area contributed by atoms with Gasteiger partial charge in [0.1, 0.15) is 5.78 Å². The summed E-state index contributed by atoms with van der Waals surface area (Å²) in [4.78, 5) is 11.1. The molecule has 0 fully saturated rings. The molecule has 0 radical (unpaired) electrons. The molecule has 0 rings (SSSR count). The Morgan fingerprint density at radius 2 is 2.07 bits per heavy atom. The molecule has 14 heavy (non-hydrogen) atoms. The summed E-state index contributed by atoms with van der Waals surface area (Å²) >= 11 is 0. The Morgan fingerprint density at radius 1 is 1.50 bits per heavy atom. The number of hydrogen-bond donors (Lipinski definition) is 1. The SMILES string of the molecule is C=CCC(N)C(=O)CCCC(F)(F)F. The molecule has 0 aromatic heterocycles. The van der Waals surface area contributed by atoms with Gasteiger partial charge in [-0.25, -0.2) is 0 Å². The third-order valence-electron chi connectivity index (χ3n) is 1.72. The van der Waals surface area contributed by atoms with Gasteiger partial charge < -0.3 is 5.73 Å². The molecule has 5 heteroatoms. The van der Waals surface area contributed by atoms with Crippen molar-refractivity contribution < 1.29 is 18.0 Å². The Hall–Kier alpha value is -0.840. The zero-order valence-corrected chi connectivity index (χ0v) is 7.81. The lowest BCUT2D eigenvalue weighted by atomic mass is 10.0. The molecule has 0 aliphatic heterocycles. The van der Waals surface area contributed by atoms with Crippen molar-refractivity contribution in [2.45, 2.75) is 37.9 Å². The Balaban J connectivity index is 3.69. The van der Waals surface area contributed by atoms with Crippen LogP contribution >= 0.6 is 0 Å². The van der Waals surface area contributed by atoms with Crippen LogP contribution in [0.25, 0.3) is 0 Å². The van der Waals surface area contributed by atoms with Crippen LogP contribution in [0, 0.1) is 0 Å². The summed E-state index contributed by atoms with van der Waals surface area (Å²) in [6.07, 6.45) is -3.64. The molecule has 0 bridgehead atoms. The maximum atomic E-state index is 11.7. The Morgan fingerprint density at radius 3 is 2.50 bits per heavy atom. The first-order valence-corrected chi connectivity index (χ1v) is 4.32. The van der Waals surface area contributed by atoms with Crippen molar-refractivity contribution in [2.24, 2.45) is 5.73 Å². The molecule has 2 nitrogen and oxygen atoms in total. The average Bonchev–Trinajstić information content (AvgIpc) is 2.02. The maximum Gasteiger partial charge on any atom is 0.389 e. The van der Waals surface area contributed by atoms with Gasteiger partial charge in [0.2, 0.25) is 0 Å². The molecule has 1 atom stereocenters. The van der Waals surface area contributed by atoms with Crippen LogP contribution in [0.2, 0.25) is 0 Å². The molecule has 0 aromatic carbocycles. The lowest BCUT2D eigenvalue weighted by molar-refractivity contribution is -0.137. The van der Waals surface area contributed by atoms with E-state index in [2.05, 4.69) is 6.58 Å². The van der Waals surface area contributed by atoms with Crippen LogP contribution in [0.4, 0.5) is 13.2 Å². The summed E-state index contributed by atoms with van der Waals surface area (Å²) in [7, 11) is 0. The van der Waals surface area contributed by atoms with Crippen molar-refractivity contribution in [1.29, 1.82) is 0 Å². The van der Waals surface area contributed by atoms with E-state index in [1.54, 1.807) is 0 Å². The van der Waals surface area contributed by atoms with Gasteiger partial charge in [0.15, 0.2) is 0 Å². The summed E-state index contributed by atoms with van der Waals surface area (Å²) < 4.78 is 35.1. The number of halogens is 3. The van der Waals surface area contributed by atoms with Crippen LogP contribution in [-0.4, -0.2) is 18.0 Å². The third-order valence-corrected chi connectivity index (χ3v) is 1.72. The van der Waals surface area contributed by atoms with Gasteiger partial charge in [-0.1, -0.05) is 6.08 Å². The maximum absolute atomic E-state index is 11.7. The van der Waals surface area contributed by atoms with Crippen molar-refractivity contribution in [3.05, 3.63) is 12.7 Å². The fourth-order valence-electron chi connectivity index (χ4n) is 0.959.